The van der Waals surface area contributed by atoms with Crippen LogP contribution in [-0.2, 0) is 6.42 Å². The van der Waals surface area contributed by atoms with Crippen LogP contribution in [0.15, 0.2) is 18.2 Å². The predicted molar refractivity (Wildman–Crippen MR) is 85.9 cm³/mol. The molecule has 1 aromatic rings. The molecule has 1 rings (SSSR count). The van der Waals surface area contributed by atoms with Gasteiger partial charge in [-0.15, -0.1) is 0 Å². The summed E-state index contributed by atoms with van der Waals surface area (Å²) >= 11 is 6.16. The van der Waals surface area contributed by atoms with Gasteiger partial charge in [0.15, 0.2) is 0 Å². The lowest BCUT2D eigenvalue weighted by Gasteiger charge is -2.28. The Kier molecular flexibility index (Phi) is 8.16. The molecule has 0 radical (unpaired) electrons. The minimum absolute atomic E-state index is 0.266. The van der Waals surface area contributed by atoms with E-state index in [1.165, 1.54) is 37.8 Å². The van der Waals surface area contributed by atoms with Crippen molar-refractivity contribution >= 4 is 11.6 Å². The zero-order valence-electron chi connectivity index (χ0n) is 12.9. The fourth-order valence-corrected chi connectivity index (χ4v) is 3.12. The van der Waals surface area contributed by atoms with Gasteiger partial charge in [0.1, 0.15) is 5.82 Å². The van der Waals surface area contributed by atoms with Gasteiger partial charge in [-0.3, -0.25) is 0 Å². The molecule has 1 unspecified atom stereocenters. The van der Waals surface area contributed by atoms with E-state index in [1.54, 1.807) is 0 Å². The second-order valence-electron chi connectivity index (χ2n) is 5.44. The van der Waals surface area contributed by atoms with Gasteiger partial charge in [-0.25, -0.2) is 4.39 Å². The molecule has 114 valence electrons. The van der Waals surface area contributed by atoms with Crippen LogP contribution < -0.4 is 5.32 Å². The number of halogens is 2. The van der Waals surface area contributed by atoms with Crippen molar-refractivity contribution in [1.29, 1.82) is 0 Å². The van der Waals surface area contributed by atoms with Crippen LogP contribution >= 0.6 is 11.6 Å². The Bertz CT molecular complexity index is 389. The van der Waals surface area contributed by atoms with Gasteiger partial charge in [-0.1, -0.05) is 51.3 Å². The fraction of sp³-hybridized carbons (Fsp3) is 0.647. The first-order valence-corrected chi connectivity index (χ1v) is 8.17. The number of benzene rings is 1. The van der Waals surface area contributed by atoms with E-state index in [0.717, 1.165) is 18.5 Å². The highest BCUT2D eigenvalue weighted by Crippen LogP contribution is 2.25. The molecule has 0 aliphatic heterocycles. The summed E-state index contributed by atoms with van der Waals surface area (Å²) in [7, 11) is 0. The summed E-state index contributed by atoms with van der Waals surface area (Å²) in [4.78, 5) is 0. The maximum Gasteiger partial charge on any atom is 0.124 e. The zero-order valence-corrected chi connectivity index (χ0v) is 13.6. The predicted octanol–water partition coefficient (Wildman–Crippen LogP) is 5.22. The number of nitrogens with one attached hydrogen (secondary N) is 1. The van der Waals surface area contributed by atoms with Gasteiger partial charge in [0, 0.05) is 11.1 Å². The van der Waals surface area contributed by atoms with Crippen LogP contribution in [0.5, 0.6) is 0 Å². The molecule has 1 N–H and O–H groups in total. The minimum Gasteiger partial charge on any atom is -0.314 e. The molecule has 0 fully saturated rings. The normalized spacial score (nSPS) is 12.9. The summed E-state index contributed by atoms with van der Waals surface area (Å²) in [5, 5.41) is 4.13. The maximum absolute atomic E-state index is 13.1. The Balaban J connectivity index is 2.83. The Morgan fingerprint density at radius 3 is 2.30 bits per heavy atom. The van der Waals surface area contributed by atoms with Crippen LogP contribution in [0.3, 0.4) is 0 Å². The lowest BCUT2D eigenvalue weighted by atomic mass is 9.86. The van der Waals surface area contributed by atoms with Gasteiger partial charge in [0.2, 0.25) is 0 Å². The molecule has 0 saturated heterocycles. The van der Waals surface area contributed by atoms with E-state index in [0.29, 0.717) is 17.0 Å². The van der Waals surface area contributed by atoms with Crippen molar-refractivity contribution in [2.24, 2.45) is 5.92 Å². The third kappa shape index (κ3) is 5.41. The smallest absolute Gasteiger partial charge is 0.124 e. The quantitative estimate of drug-likeness (QED) is 0.659. The van der Waals surface area contributed by atoms with Crippen molar-refractivity contribution in [1.82, 2.24) is 5.32 Å². The number of rotatable bonds is 9. The second-order valence-corrected chi connectivity index (χ2v) is 5.85. The van der Waals surface area contributed by atoms with E-state index in [2.05, 4.69) is 26.1 Å². The van der Waals surface area contributed by atoms with Crippen molar-refractivity contribution in [3.05, 3.63) is 34.6 Å². The standard InChI is InChI=1S/C17H27ClFN/c1-4-7-13(8-5-2)17(20-6-3)11-14-9-10-15(19)12-16(14)18/h9-10,12-13,17,20H,4-8,11H2,1-3H3. The first-order valence-electron chi connectivity index (χ1n) is 7.79. The molecule has 0 heterocycles. The van der Waals surface area contributed by atoms with Crippen molar-refractivity contribution in [3.63, 3.8) is 0 Å². The van der Waals surface area contributed by atoms with E-state index in [9.17, 15) is 4.39 Å². The Morgan fingerprint density at radius 1 is 1.15 bits per heavy atom. The first kappa shape index (κ1) is 17.5. The molecule has 0 saturated carbocycles. The highest BCUT2D eigenvalue weighted by Gasteiger charge is 2.20. The fourth-order valence-electron chi connectivity index (χ4n) is 2.88. The van der Waals surface area contributed by atoms with Crippen LogP contribution in [0.25, 0.3) is 0 Å². The van der Waals surface area contributed by atoms with Crippen LogP contribution in [0.4, 0.5) is 4.39 Å². The maximum atomic E-state index is 13.1. The number of likely N-dealkylation sites (N-methyl/N-ethyl adjacent to an activating group) is 1. The molecule has 0 aliphatic carbocycles. The summed E-state index contributed by atoms with van der Waals surface area (Å²) in [6.07, 6.45) is 5.72. The molecule has 1 nitrogen and oxygen atoms in total. The van der Waals surface area contributed by atoms with E-state index in [4.69, 9.17) is 11.6 Å². The molecule has 0 spiro atoms. The van der Waals surface area contributed by atoms with E-state index in [-0.39, 0.29) is 5.82 Å². The third-order valence-corrected chi connectivity index (χ3v) is 4.16. The highest BCUT2D eigenvalue weighted by molar-refractivity contribution is 6.31. The van der Waals surface area contributed by atoms with Crippen LogP contribution in [0.2, 0.25) is 5.02 Å². The molecule has 0 aromatic heterocycles. The molecule has 1 aromatic carbocycles. The SMILES string of the molecule is CCCC(CCC)C(Cc1ccc(F)cc1Cl)NCC. The Labute approximate surface area is 127 Å². The average molecular weight is 300 g/mol. The largest absolute Gasteiger partial charge is 0.314 e. The summed E-state index contributed by atoms with van der Waals surface area (Å²) in [5.74, 6) is 0.392. The van der Waals surface area contributed by atoms with Gasteiger partial charge in [-0.05, 0) is 49.4 Å². The lowest BCUT2D eigenvalue weighted by molar-refractivity contribution is 0.312. The lowest BCUT2D eigenvalue weighted by Crippen LogP contribution is -2.38. The molecule has 0 bridgehead atoms. The molecular weight excluding hydrogens is 273 g/mol. The van der Waals surface area contributed by atoms with Crippen molar-refractivity contribution in [2.75, 3.05) is 6.54 Å². The topological polar surface area (TPSA) is 12.0 Å². The van der Waals surface area contributed by atoms with Crippen molar-refractivity contribution in [3.8, 4) is 0 Å². The van der Waals surface area contributed by atoms with E-state index < -0.39 is 0 Å². The van der Waals surface area contributed by atoms with Crippen LogP contribution in [0.1, 0.15) is 52.0 Å². The van der Waals surface area contributed by atoms with Gasteiger partial charge >= 0.3 is 0 Å². The summed E-state index contributed by atoms with van der Waals surface area (Å²) < 4.78 is 13.1. The van der Waals surface area contributed by atoms with Gasteiger partial charge < -0.3 is 5.32 Å². The Morgan fingerprint density at radius 2 is 1.80 bits per heavy atom. The molecule has 0 amide bonds. The van der Waals surface area contributed by atoms with Gasteiger partial charge in [-0.2, -0.15) is 0 Å². The van der Waals surface area contributed by atoms with Gasteiger partial charge in [0.25, 0.3) is 0 Å². The summed E-state index contributed by atoms with van der Waals surface area (Å²) in [6.45, 7) is 7.55. The number of hydrogen-bond acceptors (Lipinski definition) is 1. The minimum atomic E-state index is -0.266. The molecule has 3 heteroatoms. The van der Waals surface area contributed by atoms with E-state index >= 15 is 0 Å². The van der Waals surface area contributed by atoms with Crippen LogP contribution in [0, 0.1) is 11.7 Å². The van der Waals surface area contributed by atoms with Gasteiger partial charge in [0.05, 0.1) is 0 Å². The van der Waals surface area contributed by atoms with Crippen molar-refractivity contribution < 1.29 is 4.39 Å². The first-order chi connectivity index (χ1) is 9.62. The second kappa shape index (κ2) is 9.36. The third-order valence-electron chi connectivity index (χ3n) is 3.81. The average Bonchev–Trinajstić information content (AvgIpc) is 2.41. The molecule has 20 heavy (non-hydrogen) atoms. The monoisotopic (exact) mass is 299 g/mol. The molecule has 1 atom stereocenters. The molecular formula is C17H27ClFN. The Hall–Kier alpha value is -0.600. The molecule has 0 aliphatic rings. The van der Waals surface area contributed by atoms with Crippen molar-refractivity contribution in [2.45, 2.75) is 58.9 Å². The number of hydrogen-bond donors (Lipinski definition) is 1. The highest BCUT2D eigenvalue weighted by atomic mass is 35.5. The zero-order chi connectivity index (χ0) is 15.0. The summed E-state index contributed by atoms with van der Waals surface area (Å²) in [6, 6.07) is 5.15. The van der Waals surface area contributed by atoms with E-state index in [1.807, 2.05) is 6.07 Å². The summed E-state index contributed by atoms with van der Waals surface area (Å²) in [5.41, 5.74) is 1.04. The van der Waals surface area contributed by atoms with Crippen LogP contribution in [-0.4, -0.2) is 12.6 Å².